The predicted octanol–water partition coefficient (Wildman–Crippen LogP) is 11.2. The molecule has 0 bridgehead atoms. The molecular formula is C36H19NOS. The lowest BCUT2D eigenvalue weighted by Crippen LogP contribution is -2.10. The molecule has 0 amide bonds. The summed E-state index contributed by atoms with van der Waals surface area (Å²) in [5.74, 6) is 0. The summed E-state index contributed by atoms with van der Waals surface area (Å²) < 4.78 is 9.07. The lowest BCUT2D eigenvalue weighted by Gasteiger charge is -2.27. The van der Waals surface area contributed by atoms with Crippen LogP contribution in [0.1, 0.15) is 0 Å². The van der Waals surface area contributed by atoms with Crippen molar-refractivity contribution in [2.45, 2.75) is 0 Å². The van der Waals surface area contributed by atoms with E-state index in [-0.39, 0.29) is 0 Å². The Morgan fingerprint density at radius 3 is 1.74 bits per heavy atom. The van der Waals surface area contributed by atoms with E-state index >= 15 is 0 Å². The van der Waals surface area contributed by atoms with Gasteiger partial charge >= 0.3 is 0 Å². The van der Waals surface area contributed by atoms with Crippen LogP contribution in [0.5, 0.6) is 0 Å². The smallest absolute Gasteiger partial charge is 0.136 e. The Morgan fingerprint density at radius 1 is 0.462 bits per heavy atom. The van der Waals surface area contributed by atoms with Crippen LogP contribution in [0.4, 0.5) is 17.1 Å². The highest BCUT2D eigenvalue weighted by Crippen LogP contribution is 2.54. The van der Waals surface area contributed by atoms with E-state index in [0.717, 1.165) is 22.5 Å². The Bertz CT molecular complexity index is 2450. The zero-order chi connectivity index (χ0) is 25.2. The number of thiophene rings is 1. The number of furan rings is 1. The highest BCUT2D eigenvalue weighted by molar-refractivity contribution is 7.26. The minimum atomic E-state index is 0.970. The summed E-state index contributed by atoms with van der Waals surface area (Å²) >= 11 is 1.89. The summed E-state index contributed by atoms with van der Waals surface area (Å²) in [4.78, 5) is 2.41. The molecule has 180 valence electrons. The molecule has 0 radical (unpaired) electrons. The fourth-order valence-electron chi connectivity index (χ4n) is 6.98. The maximum Gasteiger partial charge on any atom is 0.136 e. The third-order valence-electron chi connectivity index (χ3n) is 8.51. The van der Waals surface area contributed by atoms with Crippen LogP contribution in [0.25, 0.3) is 74.4 Å². The van der Waals surface area contributed by atoms with Gasteiger partial charge in [-0.25, -0.2) is 0 Å². The Balaban J connectivity index is 1.51. The van der Waals surface area contributed by atoms with Crippen LogP contribution < -0.4 is 4.90 Å². The van der Waals surface area contributed by atoms with Crippen molar-refractivity contribution in [1.29, 1.82) is 0 Å². The van der Waals surface area contributed by atoms with Gasteiger partial charge < -0.3 is 9.32 Å². The molecular weight excluding hydrogens is 494 g/mol. The molecule has 2 nitrogen and oxygen atoms in total. The molecule has 39 heavy (non-hydrogen) atoms. The standard InChI is InChI=1S/C36H19NOS/c1-3-7-22(8-4-1)37(23-9-5-2-6-10-23)25-19-29-36-32-24(25)15-13-20-11-12-21-14-16-26-33(31(21)30(20)32)34-27(38-26)17-18-28(39-29)35(34)36/h1-19H. The molecule has 0 saturated heterocycles. The highest BCUT2D eigenvalue weighted by Gasteiger charge is 2.26. The second-order valence-corrected chi connectivity index (χ2v) is 11.6. The maximum atomic E-state index is 6.45. The minimum Gasteiger partial charge on any atom is -0.456 e. The second kappa shape index (κ2) is 6.96. The van der Waals surface area contributed by atoms with Crippen LogP contribution in [0.15, 0.2) is 120 Å². The quantitative estimate of drug-likeness (QED) is 0.218. The fraction of sp³-hybridized carbons (Fsp3) is 0. The number of hydrogen-bond acceptors (Lipinski definition) is 3. The van der Waals surface area contributed by atoms with Crippen LogP contribution >= 0.6 is 11.3 Å². The molecule has 0 aliphatic carbocycles. The SMILES string of the molecule is c1ccc(N(c2ccccc2)c2cc3sc4ccc5oc6ccc7ccc8ccc2c2c8c7c6c5c4c32)cc1. The average molecular weight is 514 g/mol. The minimum absolute atomic E-state index is 0.970. The van der Waals surface area contributed by atoms with Crippen molar-refractivity contribution in [2.75, 3.05) is 4.90 Å². The molecule has 0 spiro atoms. The first-order chi connectivity index (χ1) is 19.3. The van der Waals surface area contributed by atoms with E-state index in [1.54, 1.807) is 0 Å². The molecule has 0 atom stereocenters. The van der Waals surface area contributed by atoms with Crippen LogP contribution in [-0.2, 0) is 0 Å². The summed E-state index contributed by atoms with van der Waals surface area (Å²) in [5, 5.41) is 13.0. The third kappa shape index (κ3) is 2.42. The molecule has 0 N–H and O–H groups in total. The monoisotopic (exact) mass is 513 g/mol. The van der Waals surface area contributed by atoms with Crippen molar-refractivity contribution >= 4 is 103 Å². The van der Waals surface area contributed by atoms with Crippen molar-refractivity contribution < 1.29 is 4.42 Å². The van der Waals surface area contributed by atoms with Crippen LogP contribution in [0, 0.1) is 0 Å². The molecule has 10 aromatic rings. The van der Waals surface area contributed by atoms with E-state index in [9.17, 15) is 0 Å². The Morgan fingerprint density at radius 2 is 1.03 bits per heavy atom. The van der Waals surface area contributed by atoms with Crippen molar-refractivity contribution in [3.05, 3.63) is 115 Å². The van der Waals surface area contributed by atoms with Gasteiger partial charge in [0.05, 0.1) is 5.69 Å². The van der Waals surface area contributed by atoms with Crippen LogP contribution in [0.2, 0.25) is 0 Å². The lowest BCUT2D eigenvalue weighted by molar-refractivity contribution is 0.669. The van der Waals surface area contributed by atoms with E-state index in [2.05, 4.69) is 120 Å². The van der Waals surface area contributed by atoms with Crippen LogP contribution in [0.3, 0.4) is 0 Å². The number of hydrogen-bond donors (Lipinski definition) is 0. The van der Waals surface area contributed by atoms with E-state index in [1.165, 1.54) is 68.9 Å². The van der Waals surface area contributed by atoms with E-state index in [1.807, 2.05) is 11.3 Å². The van der Waals surface area contributed by atoms with Crippen molar-refractivity contribution in [3.63, 3.8) is 0 Å². The normalized spacial score (nSPS) is 12.6. The van der Waals surface area contributed by atoms with Gasteiger partial charge in [0.1, 0.15) is 11.2 Å². The summed E-state index contributed by atoms with van der Waals surface area (Å²) in [5.41, 5.74) is 5.45. The molecule has 10 rings (SSSR count). The van der Waals surface area contributed by atoms with Crippen molar-refractivity contribution in [1.82, 2.24) is 0 Å². The first kappa shape index (κ1) is 20.1. The van der Waals surface area contributed by atoms with Gasteiger partial charge in [-0.05, 0) is 64.7 Å². The Kier molecular flexibility index (Phi) is 3.59. The van der Waals surface area contributed by atoms with Crippen LogP contribution in [-0.4, -0.2) is 0 Å². The maximum absolute atomic E-state index is 6.45. The summed E-state index contributed by atoms with van der Waals surface area (Å²) in [7, 11) is 0. The third-order valence-corrected chi connectivity index (χ3v) is 9.61. The molecule has 0 aliphatic rings. The first-order valence-corrected chi connectivity index (χ1v) is 14.1. The average Bonchev–Trinajstić information content (AvgIpc) is 3.51. The largest absolute Gasteiger partial charge is 0.456 e. The number of benzene rings is 7. The molecule has 3 heteroatoms. The van der Waals surface area contributed by atoms with Crippen molar-refractivity contribution in [3.8, 4) is 0 Å². The molecule has 0 saturated carbocycles. The Labute approximate surface area is 226 Å². The number of anilines is 3. The highest BCUT2D eigenvalue weighted by atomic mass is 32.1. The van der Waals surface area contributed by atoms with Crippen molar-refractivity contribution in [2.24, 2.45) is 0 Å². The molecule has 2 aromatic heterocycles. The molecule has 0 unspecified atom stereocenters. The zero-order valence-corrected chi connectivity index (χ0v) is 21.5. The first-order valence-electron chi connectivity index (χ1n) is 13.3. The zero-order valence-electron chi connectivity index (χ0n) is 20.7. The topological polar surface area (TPSA) is 16.4 Å². The lowest BCUT2D eigenvalue weighted by atomic mass is 9.93. The predicted molar refractivity (Wildman–Crippen MR) is 167 cm³/mol. The Hall–Kier alpha value is -4.86. The summed E-state index contributed by atoms with van der Waals surface area (Å²) in [6.45, 7) is 0. The van der Waals surface area contributed by atoms with Gasteiger partial charge in [-0.1, -0.05) is 66.7 Å². The summed E-state index contributed by atoms with van der Waals surface area (Å²) in [6.07, 6.45) is 0. The van der Waals surface area contributed by atoms with E-state index in [4.69, 9.17) is 4.42 Å². The molecule has 0 fully saturated rings. The van der Waals surface area contributed by atoms with Gasteiger partial charge in [0.25, 0.3) is 0 Å². The second-order valence-electron chi connectivity index (χ2n) is 10.5. The summed E-state index contributed by atoms with van der Waals surface area (Å²) in [6, 6.07) is 41.8. The molecule has 8 aromatic carbocycles. The fourth-order valence-corrected chi connectivity index (χ4v) is 8.14. The van der Waals surface area contributed by atoms with Gasteiger partial charge in [0.15, 0.2) is 0 Å². The molecule has 0 aliphatic heterocycles. The van der Waals surface area contributed by atoms with E-state index < -0.39 is 0 Å². The van der Waals surface area contributed by atoms with Gasteiger partial charge in [-0.15, -0.1) is 11.3 Å². The van der Waals surface area contributed by atoms with Gasteiger partial charge in [-0.2, -0.15) is 0 Å². The van der Waals surface area contributed by atoms with Gasteiger partial charge in [0, 0.05) is 58.5 Å². The van der Waals surface area contributed by atoms with E-state index in [0.29, 0.717) is 0 Å². The number of nitrogens with zero attached hydrogens (tertiary/aromatic N) is 1. The van der Waals surface area contributed by atoms with Gasteiger partial charge in [-0.3, -0.25) is 0 Å². The van der Waals surface area contributed by atoms with Gasteiger partial charge in [0.2, 0.25) is 0 Å². The number of para-hydroxylation sites is 2. The molecule has 2 heterocycles. The number of rotatable bonds is 3.